The quantitative estimate of drug-likeness (QED) is 0.740. The number of rotatable bonds is 2. The highest BCUT2D eigenvalue weighted by Gasteiger charge is 2.25. The summed E-state index contributed by atoms with van der Waals surface area (Å²) in [5.74, 6) is 2.41. The standard InChI is InChI=1S/C13H20N2/c1-9(2)10(3)11-4-5-13-12(6-11)7-14-8-15-13/h7-11H,4-6H2,1-3H3. The highest BCUT2D eigenvalue weighted by Crippen LogP contribution is 2.32. The molecule has 0 saturated heterocycles. The van der Waals surface area contributed by atoms with Crippen LogP contribution in [-0.4, -0.2) is 9.97 Å². The molecule has 0 saturated carbocycles. The van der Waals surface area contributed by atoms with Gasteiger partial charge in [0.2, 0.25) is 0 Å². The van der Waals surface area contributed by atoms with E-state index in [9.17, 15) is 0 Å². The fourth-order valence-corrected chi connectivity index (χ4v) is 2.48. The molecule has 2 rings (SSSR count). The van der Waals surface area contributed by atoms with Crippen molar-refractivity contribution in [3.05, 3.63) is 23.8 Å². The van der Waals surface area contributed by atoms with Crippen molar-refractivity contribution in [1.82, 2.24) is 9.97 Å². The third-order valence-corrected chi connectivity index (χ3v) is 3.91. The zero-order valence-electron chi connectivity index (χ0n) is 9.90. The predicted molar refractivity (Wildman–Crippen MR) is 61.5 cm³/mol. The minimum absolute atomic E-state index is 0.779. The third-order valence-electron chi connectivity index (χ3n) is 3.91. The van der Waals surface area contributed by atoms with Gasteiger partial charge < -0.3 is 0 Å². The molecular formula is C13H20N2. The Kier molecular flexibility index (Phi) is 3.03. The highest BCUT2D eigenvalue weighted by atomic mass is 14.8. The minimum atomic E-state index is 0.779. The predicted octanol–water partition coefficient (Wildman–Crippen LogP) is 2.87. The molecule has 1 heterocycles. The molecule has 0 aliphatic heterocycles. The van der Waals surface area contributed by atoms with Crippen molar-refractivity contribution in [1.29, 1.82) is 0 Å². The Balaban J connectivity index is 2.12. The average Bonchev–Trinajstić information content (AvgIpc) is 2.27. The Morgan fingerprint density at radius 2 is 2.13 bits per heavy atom. The van der Waals surface area contributed by atoms with Gasteiger partial charge in [0.15, 0.2) is 0 Å². The molecule has 2 nitrogen and oxygen atoms in total. The van der Waals surface area contributed by atoms with Gasteiger partial charge in [0.05, 0.1) is 0 Å². The number of nitrogens with zero attached hydrogens (tertiary/aromatic N) is 2. The van der Waals surface area contributed by atoms with Crippen molar-refractivity contribution < 1.29 is 0 Å². The molecular weight excluding hydrogens is 184 g/mol. The fourth-order valence-electron chi connectivity index (χ4n) is 2.48. The van der Waals surface area contributed by atoms with Crippen molar-refractivity contribution in [2.75, 3.05) is 0 Å². The van der Waals surface area contributed by atoms with E-state index >= 15 is 0 Å². The first-order valence-corrected chi connectivity index (χ1v) is 5.96. The Hall–Kier alpha value is -0.920. The molecule has 2 heteroatoms. The molecule has 1 aliphatic rings. The van der Waals surface area contributed by atoms with Crippen molar-refractivity contribution in [2.45, 2.75) is 40.0 Å². The van der Waals surface area contributed by atoms with E-state index in [2.05, 4.69) is 30.7 Å². The van der Waals surface area contributed by atoms with Gasteiger partial charge in [0.25, 0.3) is 0 Å². The number of fused-ring (bicyclic) bond motifs is 1. The molecule has 1 aromatic heterocycles. The van der Waals surface area contributed by atoms with Crippen LogP contribution in [0.5, 0.6) is 0 Å². The second-order valence-corrected chi connectivity index (χ2v) is 5.10. The Morgan fingerprint density at radius 1 is 1.33 bits per heavy atom. The lowest BCUT2D eigenvalue weighted by Crippen LogP contribution is -2.24. The monoisotopic (exact) mass is 204 g/mol. The van der Waals surface area contributed by atoms with Crippen LogP contribution in [0.15, 0.2) is 12.5 Å². The fraction of sp³-hybridized carbons (Fsp3) is 0.692. The SMILES string of the molecule is CC(C)C(C)C1CCc2ncncc2C1. The van der Waals surface area contributed by atoms with Gasteiger partial charge in [-0.1, -0.05) is 20.8 Å². The Bertz CT molecular complexity index is 333. The summed E-state index contributed by atoms with van der Waals surface area (Å²) in [6, 6.07) is 0. The van der Waals surface area contributed by atoms with E-state index in [0.29, 0.717) is 0 Å². The van der Waals surface area contributed by atoms with Crippen LogP contribution in [0.1, 0.15) is 38.4 Å². The van der Waals surface area contributed by atoms with E-state index < -0.39 is 0 Å². The maximum atomic E-state index is 4.35. The van der Waals surface area contributed by atoms with Crippen LogP contribution in [-0.2, 0) is 12.8 Å². The van der Waals surface area contributed by atoms with Gasteiger partial charge in [-0.25, -0.2) is 9.97 Å². The summed E-state index contributed by atoms with van der Waals surface area (Å²) >= 11 is 0. The van der Waals surface area contributed by atoms with Crippen LogP contribution >= 0.6 is 0 Å². The summed E-state index contributed by atoms with van der Waals surface area (Å²) in [5.41, 5.74) is 2.65. The molecule has 82 valence electrons. The number of aryl methyl sites for hydroxylation is 1. The van der Waals surface area contributed by atoms with Crippen LogP contribution in [0.25, 0.3) is 0 Å². The van der Waals surface area contributed by atoms with Crippen molar-refractivity contribution >= 4 is 0 Å². The van der Waals surface area contributed by atoms with Crippen LogP contribution < -0.4 is 0 Å². The van der Waals surface area contributed by atoms with Crippen LogP contribution in [0.3, 0.4) is 0 Å². The van der Waals surface area contributed by atoms with Gasteiger partial charge in [-0.15, -0.1) is 0 Å². The second kappa shape index (κ2) is 4.30. The molecule has 0 amide bonds. The molecule has 0 bridgehead atoms. The maximum Gasteiger partial charge on any atom is 0.115 e. The smallest absolute Gasteiger partial charge is 0.115 e. The van der Waals surface area contributed by atoms with E-state index in [-0.39, 0.29) is 0 Å². The molecule has 1 aliphatic carbocycles. The number of aromatic nitrogens is 2. The van der Waals surface area contributed by atoms with Crippen LogP contribution in [0.4, 0.5) is 0 Å². The number of hydrogen-bond donors (Lipinski definition) is 0. The topological polar surface area (TPSA) is 25.8 Å². The molecule has 0 radical (unpaired) electrons. The van der Waals surface area contributed by atoms with Gasteiger partial charge in [0.1, 0.15) is 6.33 Å². The van der Waals surface area contributed by atoms with Gasteiger partial charge in [-0.2, -0.15) is 0 Å². The Labute approximate surface area is 92.1 Å². The van der Waals surface area contributed by atoms with E-state index in [4.69, 9.17) is 0 Å². The van der Waals surface area contributed by atoms with E-state index in [1.54, 1.807) is 6.33 Å². The summed E-state index contributed by atoms with van der Waals surface area (Å²) < 4.78 is 0. The van der Waals surface area contributed by atoms with Gasteiger partial charge in [0, 0.05) is 11.9 Å². The molecule has 0 aromatic carbocycles. The first-order chi connectivity index (χ1) is 7.18. The highest BCUT2D eigenvalue weighted by molar-refractivity contribution is 5.19. The normalized spacial score (nSPS) is 22.5. The summed E-state index contributed by atoms with van der Waals surface area (Å²) in [5, 5.41) is 0. The lowest BCUT2D eigenvalue weighted by atomic mass is 9.75. The lowest BCUT2D eigenvalue weighted by Gasteiger charge is -2.30. The third kappa shape index (κ3) is 2.19. The van der Waals surface area contributed by atoms with E-state index in [1.807, 2.05) is 6.20 Å². The average molecular weight is 204 g/mol. The van der Waals surface area contributed by atoms with Crippen molar-refractivity contribution in [2.24, 2.45) is 17.8 Å². The zero-order chi connectivity index (χ0) is 10.8. The van der Waals surface area contributed by atoms with Gasteiger partial charge >= 0.3 is 0 Å². The maximum absolute atomic E-state index is 4.35. The summed E-state index contributed by atoms with van der Waals surface area (Å²) in [7, 11) is 0. The second-order valence-electron chi connectivity index (χ2n) is 5.10. The van der Waals surface area contributed by atoms with Crippen molar-refractivity contribution in [3.8, 4) is 0 Å². The first-order valence-electron chi connectivity index (χ1n) is 5.96. The lowest BCUT2D eigenvalue weighted by molar-refractivity contribution is 0.250. The molecule has 0 spiro atoms. The number of hydrogen-bond acceptors (Lipinski definition) is 2. The zero-order valence-corrected chi connectivity index (χ0v) is 9.90. The minimum Gasteiger partial charge on any atom is -0.245 e. The molecule has 1 aromatic rings. The molecule has 0 fully saturated rings. The van der Waals surface area contributed by atoms with E-state index in [1.165, 1.54) is 24.1 Å². The molecule has 2 unspecified atom stereocenters. The Morgan fingerprint density at radius 3 is 2.87 bits per heavy atom. The molecule has 2 atom stereocenters. The van der Waals surface area contributed by atoms with E-state index in [0.717, 1.165) is 24.2 Å². The van der Waals surface area contributed by atoms with Crippen LogP contribution in [0.2, 0.25) is 0 Å². The van der Waals surface area contributed by atoms with Gasteiger partial charge in [-0.3, -0.25) is 0 Å². The van der Waals surface area contributed by atoms with Crippen molar-refractivity contribution in [3.63, 3.8) is 0 Å². The summed E-state index contributed by atoms with van der Waals surface area (Å²) in [6.45, 7) is 7.02. The van der Waals surface area contributed by atoms with Crippen LogP contribution in [0, 0.1) is 17.8 Å². The largest absolute Gasteiger partial charge is 0.245 e. The molecule has 15 heavy (non-hydrogen) atoms. The summed E-state index contributed by atoms with van der Waals surface area (Å²) in [4.78, 5) is 8.47. The summed E-state index contributed by atoms with van der Waals surface area (Å²) in [6.07, 6.45) is 7.28. The first kappa shape index (κ1) is 10.6. The molecule has 0 N–H and O–H groups in total. The van der Waals surface area contributed by atoms with Gasteiger partial charge in [-0.05, 0) is 42.6 Å².